The van der Waals surface area contributed by atoms with Crippen molar-refractivity contribution in [3.63, 3.8) is 0 Å². The van der Waals surface area contributed by atoms with E-state index in [0.29, 0.717) is 37.6 Å². The maximum absolute atomic E-state index is 12.4. The number of halogens is 3. The number of benzene rings is 1. The number of hydrogen-bond acceptors (Lipinski definition) is 4. The van der Waals surface area contributed by atoms with Crippen LogP contribution in [0.1, 0.15) is 18.9 Å². The molecule has 0 aromatic heterocycles. The van der Waals surface area contributed by atoms with Crippen LogP contribution in [0.4, 0.5) is 8.78 Å². The molecular weight excluding hydrogens is 493 g/mol. The number of nitrogens with zero attached hydrogens (tertiary/aromatic N) is 2. The SMILES string of the molecule is CCN(CCCNC(=NC)NCc1ccccc1OC(F)F)S(C)(=O)=O.I. The summed E-state index contributed by atoms with van der Waals surface area (Å²) in [5, 5.41) is 6.07. The monoisotopic (exact) mass is 520 g/mol. The van der Waals surface area contributed by atoms with Crippen LogP contribution >= 0.6 is 24.0 Å². The van der Waals surface area contributed by atoms with Gasteiger partial charge in [0.25, 0.3) is 0 Å². The number of sulfonamides is 1. The van der Waals surface area contributed by atoms with Crippen LogP contribution in [0, 0.1) is 0 Å². The van der Waals surface area contributed by atoms with Crippen LogP contribution in [-0.2, 0) is 16.6 Å². The van der Waals surface area contributed by atoms with Crippen molar-refractivity contribution in [1.29, 1.82) is 0 Å². The summed E-state index contributed by atoms with van der Waals surface area (Å²) in [4.78, 5) is 4.05. The average molecular weight is 520 g/mol. The van der Waals surface area contributed by atoms with Crippen molar-refractivity contribution in [3.8, 4) is 5.75 Å². The van der Waals surface area contributed by atoms with E-state index in [-0.39, 0.29) is 36.3 Å². The zero-order chi connectivity index (χ0) is 19.6. The first-order valence-corrected chi connectivity index (χ1v) is 10.0. The predicted molar refractivity (Wildman–Crippen MR) is 113 cm³/mol. The van der Waals surface area contributed by atoms with E-state index >= 15 is 0 Å². The normalized spacial score (nSPS) is 12.0. The molecule has 156 valence electrons. The third-order valence-electron chi connectivity index (χ3n) is 3.56. The van der Waals surface area contributed by atoms with E-state index in [1.165, 1.54) is 16.6 Å². The lowest BCUT2D eigenvalue weighted by Crippen LogP contribution is -2.39. The third-order valence-corrected chi connectivity index (χ3v) is 4.94. The Hall–Kier alpha value is -1.21. The highest BCUT2D eigenvalue weighted by Crippen LogP contribution is 2.19. The van der Waals surface area contributed by atoms with Crippen LogP contribution in [0.5, 0.6) is 5.75 Å². The smallest absolute Gasteiger partial charge is 0.387 e. The first-order chi connectivity index (χ1) is 12.3. The van der Waals surface area contributed by atoms with Crippen LogP contribution in [0.25, 0.3) is 0 Å². The van der Waals surface area contributed by atoms with E-state index in [9.17, 15) is 17.2 Å². The molecule has 1 aromatic carbocycles. The summed E-state index contributed by atoms with van der Waals surface area (Å²) < 4.78 is 53.8. The van der Waals surface area contributed by atoms with Crippen molar-refractivity contribution in [1.82, 2.24) is 14.9 Å². The molecule has 0 saturated carbocycles. The average Bonchev–Trinajstić information content (AvgIpc) is 2.57. The fourth-order valence-electron chi connectivity index (χ4n) is 2.28. The largest absolute Gasteiger partial charge is 0.434 e. The minimum Gasteiger partial charge on any atom is -0.434 e. The Balaban J connectivity index is 0.00000676. The molecule has 11 heteroatoms. The summed E-state index contributed by atoms with van der Waals surface area (Å²) >= 11 is 0. The Morgan fingerprint density at radius 3 is 2.52 bits per heavy atom. The summed E-state index contributed by atoms with van der Waals surface area (Å²) in [5.41, 5.74) is 0.574. The van der Waals surface area contributed by atoms with E-state index in [2.05, 4.69) is 20.4 Å². The minimum absolute atomic E-state index is 0. The van der Waals surface area contributed by atoms with Crippen LogP contribution in [-0.4, -0.2) is 58.2 Å². The lowest BCUT2D eigenvalue weighted by Gasteiger charge is -2.18. The molecule has 7 nitrogen and oxygen atoms in total. The first kappa shape index (κ1) is 25.8. The summed E-state index contributed by atoms with van der Waals surface area (Å²) in [5.74, 6) is 0.594. The highest BCUT2D eigenvalue weighted by molar-refractivity contribution is 14.0. The van der Waals surface area contributed by atoms with Gasteiger partial charge in [-0.05, 0) is 12.5 Å². The third kappa shape index (κ3) is 10.1. The van der Waals surface area contributed by atoms with Gasteiger partial charge in [-0.15, -0.1) is 24.0 Å². The van der Waals surface area contributed by atoms with Gasteiger partial charge >= 0.3 is 6.61 Å². The summed E-state index contributed by atoms with van der Waals surface area (Å²) in [6.45, 7) is 0.503. The molecule has 2 N–H and O–H groups in total. The lowest BCUT2D eigenvalue weighted by atomic mass is 10.2. The number of rotatable bonds is 10. The summed E-state index contributed by atoms with van der Waals surface area (Å²) in [6.07, 6.45) is 1.79. The van der Waals surface area contributed by atoms with Gasteiger partial charge in [0.2, 0.25) is 10.0 Å². The predicted octanol–water partition coefficient (Wildman–Crippen LogP) is 2.24. The Morgan fingerprint density at radius 1 is 1.30 bits per heavy atom. The Bertz CT molecular complexity index is 690. The standard InChI is InChI=1S/C16H26F2N4O3S.HI/c1-4-22(26(3,23)24)11-7-10-20-16(19-2)21-12-13-8-5-6-9-14(13)25-15(17)18;/h5-6,8-9,15H,4,7,10-12H2,1-3H3,(H2,19,20,21);1H. The first-order valence-electron chi connectivity index (χ1n) is 8.20. The molecular formula is C16H27F2IN4O3S. The molecule has 1 aromatic rings. The number of aliphatic imine (C=N–C) groups is 1. The Labute approximate surface area is 176 Å². The zero-order valence-electron chi connectivity index (χ0n) is 15.6. The molecule has 0 bridgehead atoms. The van der Waals surface area contributed by atoms with Crippen molar-refractivity contribution in [2.24, 2.45) is 4.99 Å². The van der Waals surface area contributed by atoms with Crippen molar-refractivity contribution in [3.05, 3.63) is 29.8 Å². The number of hydrogen-bond donors (Lipinski definition) is 2. The second-order valence-electron chi connectivity index (χ2n) is 5.45. The number of alkyl halides is 2. The number of para-hydroxylation sites is 1. The van der Waals surface area contributed by atoms with Crippen molar-refractivity contribution >= 4 is 40.0 Å². The molecule has 0 radical (unpaired) electrons. The van der Waals surface area contributed by atoms with E-state index < -0.39 is 16.6 Å². The van der Waals surface area contributed by atoms with E-state index in [1.807, 2.05) is 0 Å². The lowest BCUT2D eigenvalue weighted by molar-refractivity contribution is -0.0504. The zero-order valence-corrected chi connectivity index (χ0v) is 18.8. The highest BCUT2D eigenvalue weighted by atomic mass is 127. The second kappa shape index (κ2) is 13.0. The minimum atomic E-state index is -3.20. The molecule has 0 aliphatic rings. The number of guanidine groups is 1. The van der Waals surface area contributed by atoms with E-state index in [0.717, 1.165) is 0 Å². The molecule has 1 rings (SSSR count). The molecule has 0 amide bonds. The van der Waals surface area contributed by atoms with Gasteiger partial charge in [0, 0.05) is 38.8 Å². The molecule has 27 heavy (non-hydrogen) atoms. The van der Waals surface area contributed by atoms with Gasteiger partial charge in [0.05, 0.1) is 6.26 Å². The Morgan fingerprint density at radius 2 is 1.96 bits per heavy atom. The van der Waals surface area contributed by atoms with Crippen molar-refractivity contribution < 1.29 is 21.9 Å². The summed E-state index contributed by atoms with van der Waals surface area (Å²) in [6, 6.07) is 6.51. The molecule has 0 heterocycles. The topological polar surface area (TPSA) is 83.0 Å². The molecule has 0 fully saturated rings. The van der Waals surface area contributed by atoms with Crippen LogP contribution in [0.3, 0.4) is 0 Å². The number of ether oxygens (including phenoxy) is 1. The molecule has 0 aliphatic heterocycles. The van der Waals surface area contributed by atoms with Gasteiger partial charge in [-0.1, -0.05) is 25.1 Å². The Kier molecular flexibility index (Phi) is 12.5. The summed E-state index contributed by atoms with van der Waals surface area (Å²) in [7, 11) is -1.61. The van der Waals surface area contributed by atoms with Crippen LogP contribution < -0.4 is 15.4 Å². The van der Waals surface area contributed by atoms with Gasteiger partial charge in [-0.3, -0.25) is 4.99 Å². The fourth-order valence-corrected chi connectivity index (χ4v) is 3.21. The molecule has 0 aliphatic carbocycles. The highest BCUT2D eigenvalue weighted by Gasteiger charge is 2.13. The van der Waals surface area contributed by atoms with Gasteiger partial charge in [-0.25, -0.2) is 12.7 Å². The maximum atomic E-state index is 12.4. The molecule has 0 saturated heterocycles. The maximum Gasteiger partial charge on any atom is 0.387 e. The second-order valence-corrected chi connectivity index (χ2v) is 7.43. The van der Waals surface area contributed by atoms with Crippen molar-refractivity contribution in [2.45, 2.75) is 26.5 Å². The fraction of sp³-hybridized carbons (Fsp3) is 0.562. The van der Waals surface area contributed by atoms with E-state index in [1.54, 1.807) is 32.2 Å². The quantitative estimate of drug-likeness (QED) is 0.214. The molecule has 0 spiro atoms. The van der Waals surface area contributed by atoms with Gasteiger partial charge in [0.1, 0.15) is 5.75 Å². The molecule has 0 atom stereocenters. The van der Waals surface area contributed by atoms with Crippen LogP contribution in [0.15, 0.2) is 29.3 Å². The van der Waals surface area contributed by atoms with E-state index in [4.69, 9.17) is 0 Å². The van der Waals surface area contributed by atoms with Crippen molar-refractivity contribution in [2.75, 3.05) is 32.9 Å². The van der Waals surface area contributed by atoms with Gasteiger partial charge in [0.15, 0.2) is 5.96 Å². The van der Waals surface area contributed by atoms with Crippen LogP contribution in [0.2, 0.25) is 0 Å². The molecule has 0 unspecified atom stereocenters. The van der Waals surface area contributed by atoms with Gasteiger partial charge in [-0.2, -0.15) is 8.78 Å². The van der Waals surface area contributed by atoms with Gasteiger partial charge < -0.3 is 15.4 Å². The number of nitrogens with one attached hydrogen (secondary N) is 2.